The van der Waals surface area contributed by atoms with Crippen LogP contribution in [-0.2, 0) is 9.59 Å². The SMILES string of the molecule is CCN1C(=O)C(C#N)=C(C)/C(=C/c2cc3oc(-c4ccccc4)cc3o2)C1=O. The van der Waals surface area contributed by atoms with Gasteiger partial charge in [0.25, 0.3) is 11.8 Å². The van der Waals surface area contributed by atoms with Crippen LogP contribution in [0.5, 0.6) is 0 Å². The van der Waals surface area contributed by atoms with Gasteiger partial charge in [-0.2, -0.15) is 5.26 Å². The molecule has 0 bridgehead atoms. The van der Waals surface area contributed by atoms with Gasteiger partial charge in [-0.3, -0.25) is 14.5 Å². The molecular weight excluding hydrogens is 356 g/mol. The molecule has 4 rings (SSSR count). The lowest BCUT2D eigenvalue weighted by atomic mass is 9.95. The van der Waals surface area contributed by atoms with Gasteiger partial charge in [-0.05, 0) is 25.5 Å². The molecule has 0 N–H and O–H groups in total. The smallest absolute Gasteiger partial charge is 0.271 e. The van der Waals surface area contributed by atoms with Crippen LogP contribution in [0.2, 0.25) is 0 Å². The normalized spacial score (nSPS) is 16.3. The number of fused-ring (bicyclic) bond motifs is 1. The number of hydrogen-bond acceptors (Lipinski definition) is 5. The Morgan fingerprint density at radius 3 is 2.43 bits per heavy atom. The Labute approximate surface area is 160 Å². The summed E-state index contributed by atoms with van der Waals surface area (Å²) in [5, 5.41) is 9.30. The first kappa shape index (κ1) is 17.6. The topological polar surface area (TPSA) is 87.4 Å². The molecule has 1 aliphatic rings. The van der Waals surface area contributed by atoms with E-state index >= 15 is 0 Å². The Hall–Kier alpha value is -3.85. The van der Waals surface area contributed by atoms with E-state index in [1.54, 1.807) is 32.1 Å². The van der Waals surface area contributed by atoms with E-state index in [1.165, 1.54) is 0 Å². The number of hydrogen-bond donors (Lipinski definition) is 0. The minimum Gasteiger partial charge on any atom is -0.453 e. The van der Waals surface area contributed by atoms with Crippen LogP contribution >= 0.6 is 0 Å². The largest absolute Gasteiger partial charge is 0.453 e. The molecule has 138 valence electrons. The summed E-state index contributed by atoms with van der Waals surface area (Å²) >= 11 is 0. The van der Waals surface area contributed by atoms with Crippen molar-refractivity contribution in [3.8, 4) is 17.4 Å². The Morgan fingerprint density at radius 1 is 1.07 bits per heavy atom. The van der Waals surface area contributed by atoms with Crippen LogP contribution in [0.25, 0.3) is 28.6 Å². The predicted molar refractivity (Wildman–Crippen MR) is 103 cm³/mol. The van der Waals surface area contributed by atoms with Crippen molar-refractivity contribution in [2.45, 2.75) is 13.8 Å². The monoisotopic (exact) mass is 372 g/mol. The molecule has 0 saturated heterocycles. The molecular formula is C22H16N2O4. The molecule has 0 spiro atoms. The first-order valence-corrected chi connectivity index (χ1v) is 8.81. The van der Waals surface area contributed by atoms with Crippen molar-refractivity contribution in [2.24, 2.45) is 0 Å². The molecule has 28 heavy (non-hydrogen) atoms. The van der Waals surface area contributed by atoms with E-state index in [-0.39, 0.29) is 17.7 Å². The van der Waals surface area contributed by atoms with Gasteiger partial charge in [-0.1, -0.05) is 30.3 Å². The lowest BCUT2D eigenvalue weighted by molar-refractivity contribution is -0.140. The molecule has 0 unspecified atom stereocenters. The Kier molecular flexibility index (Phi) is 4.21. The maximum Gasteiger partial charge on any atom is 0.271 e. The number of benzene rings is 1. The molecule has 1 aliphatic heterocycles. The number of carbonyl (C=O) groups is 2. The van der Waals surface area contributed by atoms with Gasteiger partial charge in [0.15, 0.2) is 11.2 Å². The number of likely N-dealkylation sites (N-methyl/N-ethyl adjacent to an activating group) is 1. The third kappa shape index (κ3) is 2.74. The van der Waals surface area contributed by atoms with E-state index in [4.69, 9.17) is 8.83 Å². The number of imide groups is 1. The highest BCUT2D eigenvalue weighted by atomic mass is 16.4. The average molecular weight is 372 g/mol. The summed E-state index contributed by atoms with van der Waals surface area (Å²) in [6.45, 7) is 3.47. The lowest BCUT2D eigenvalue weighted by Crippen LogP contribution is -2.42. The minimum absolute atomic E-state index is 0.0330. The van der Waals surface area contributed by atoms with Crippen LogP contribution in [0, 0.1) is 11.3 Å². The maximum atomic E-state index is 12.7. The Balaban J connectivity index is 1.76. The second kappa shape index (κ2) is 6.71. The summed E-state index contributed by atoms with van der Waals surface area (Å²) in [4.78, 5) is 26.0. The van der Waals surface area contributed by atoms with Crippen LogP contribution in [0.3, 0.4) is 0 Å². The summed E-state index contributed by atoms with van der Waals surface area (Å²) in [5.41, 5.74) is 2.62. The minimum atomic E-state index is -0.564. The molecule has 2 aromatic heterocycles. The van der Waals surface area contributed by atoms with Crippen molar-refractivity contribution in [2.75, 3.05) is 6.54 Å². The van der Waals surface area contributed by atoms with Crippen LogP contribution in [-0.4, -0.2) is 23.3 Å². The summed E-state index contributed by atoms with van der Waals surface area (Å²) < 4.78 is 11.6. The lowest BCUT2D eigenvalue weighted by Gasteiger charge is -2.25. The van der Waals surface area contributed by atoms with Crippen molar-refractivity contribution in [3.05, 3.63) is 64.9 Å². The molecule has 0 saturated carbocycles. The first-order chi connectivity index (χ1) is 13.5. The fourth-order valence-corrected chi connectivity index (χ4v) is 3.23. The van der Waals surface area contributed by atoms with Crippen LogP contribution < -0.4 is 0 Å². The van der Waals surface area contributed by atoms with E-state index in [9.17, 15) is 14.9 Å². The van der Waals surface area contributed by atoms with Crippen molar-refractivity contribution in [3.63, 3.8) is 0 Å². The molecule has 3 aromatic rings. The van der Waals surface area contributed by atoms with Gasteiger partial charge in [-0.25, -0.2) is 0 Å². The molecule has 2 amide bonds. The Bertz CT molecular complexity index is 1170. The van der Waals surface area contributed by atoms with Gasteiger partial charge in [0, 0.05) is 29.8 Å². The number of furan rings is 2. The standard InChI is InChI=1S/C22H16N2O4/c1-3-24-21(25)16(13(2)17(12-23)22(24)26)9-15-10-19-20(27-15)11-18(28-19)14-7-5-4-6-8-14/h4-11H,3H2,1-2H3/b16-9-. The third-order valence-electron chi connectivity index (χ3n) is 4.71. The highest BCUT2D eigenvalue weighted by Gasteiger charge is 2.34. The number of nitriles is 1. The van der Waals surface area contributed by atoms with Crippen molar-refractivity contribution in [1.82, 2.24) is 4.90 Å². The van der Waals surface area contributed by atoms with E-state index in [1.807, 2.05) is 36.4 Å². The Morgan fingerprint density at radius 2 is 1.79 bits per heavy atom. The van der Waals surface area contributed by atoms with E-state index in [2.05, 4.69) is 0 Å². The number of amides is 2. The quantitative estimate of drug-likeness (QED) is 0.505. The fraction of sp³-hybridized carbons (Fsp3) is 0.136. The number of rotatable bonds is 3. The van der Waals surface area contributed by atoms with Crippen molar-refractivity contribution < 1.29 is 18.4 Å². The first-order valence-electron chi connectivity index (χ1n) is 8.81. The molecule has 0 radical (unpaired) electrons. The zero-order chi connectivity index (χ0) is 19.8. The van der Waals surface area contributed by atoms with Gasteiger partial charge in [0.1, 0.15) is 23.2 Å². The van der Waals surface area contributed by atoms with Crippen LogP contribution in [0.1, 0.15) is 19.6 Å². The molecule has 6 heteroatoms. The third-order valence-corrected chi connectivity index (χ3v) is 4.71. The van der Waals surface area contributed by atoms with Gasteiger partial charge < -0.3 is 8.83 Å². The zero-order valence-electron chi connectivity index (χ0n) is 15.4. The molecule has 0 aliphatic carbocycles. The summed E-state index contributed by atoms with van der Waals surface area (Å²) in [5.74, 6) is 0.0963. The van der Waals surface area contributed by atoms with Crippen molar-refractivity contribution in [1.29, 1.82) is 5.26 Å². The van der Waals surface area contributed by atoms with Gasteiger partial charge in [0.05, 0.1) is 0 Å². The highest BCUT2D eigenvalue weighted by molar-refractivity contribution is 6.19. The maximum absolute atomic E-state index is 12.7. The summed E-state index contributed by atoms with van der Waals surface area (Å²) in [6.07, 6.45) is 1.54. The van der Waals surface area contributed by atoms with Crippen LogP contribution in [0.4, 0.5) is 0 Å². The molecule has 3 heterocycles. The summed E-state index contributed by atoms with van der Waals surface area (Å²) in [7, 11) is 0. The summed E-state index contributed by atoms with van der Waals surface area (Å²) in [6, 6.07) is 15.0. The van der Waals surface area contributed by atoms with Crippen LogP contribution in [0.15, 0.2) is 68.0 Å². The molecule has 0 fully saturated rings. The van der Waals surface area contributed by atoms with Gasteiger partial charge in [0.2, 0.25) is 0 Å². The average Bonchev–Trinajstić information content (AvgIpc) is 3.25. The predicted octanol–water partition coefficient (Wildman–Crippen LogP) is 4.30. The van der Waals surface area contributed by atoms with E-state index < -0.39 is 11.8 Å². The fourth-order valence-electron chi connectivity index (χ4n) is 3.23. The molecule has 6 nitrogen and oxygen atoms in total. The van der Waals surface area contributed by atoms with Crippen molar-refractivity contribution >= 4 is 29.1 Å². The second-order valence-corrected chi connectivity index (χ2v) is 6.38. The second-order valence-electron chi connectivity index (χ2n) is 6.38. The highest BCUT2D eigenvalue weighted by Crippen LogP contribution is 2.32. The number of carbonyl (C=O) groups excluding carboxylic acids is 2. The van der Waals surface area contributed by atoms with Gasteiger partial charge >= 0.3 is 0 Å². The van der Waals surface area contributed by atoms with Gasteiger partial charge in [-0.15, -0.1) is 0 Å². The molecule has 1 aromatic carbocycles. The van der Waals surface area contributed by atoms with E-state index in [0.717, 1.165) is 10.5 Å². The van der Waals surface area contributed by atoms with E-state index in [0.29, 0.717) is 28.3 Å². The molecule has 0 atom stereocenters. The zero-order valence-corrected chi connectivity index (χ0v) is 15.4. The number of nitrogens with zero attached hydrogens (tertiary/aromatic N) is 2.